The summed E-state index contributed by atoms with van der Waals surface area (Å²) in [5.41, 5.74) is 1.79. The fourth-order valence-corrected chi connectivity index (χ4v) is 1.99. The lowest BCUT2D eigenvalue weighted by molar-refractivity contribution is 0.135. The summed E-state index contributed by atoms with van der Waals surface area (Å²) in [6, 6.07) is 13.2. The Balaban J connectivity index is 1.95. The highest BCUT2D eigenvalue weighted by Crippen LogP contribution is 2.21. The molecule has 106 valence electrons. The maximum atomic E-state index is 10.3. The Hall–Kier alpha value is -1.91. The molecule has 2 atom stereocenters. The van der Waals surface area contributed by atoms with E-state index in [4.69, 9.17) is 4.74 Å². The van der Waals surface area contributed by atoms with Crippen LogP contribution in [0.4, 0.5) is 0 Å². The fourth-order valence-electron chi connectivity index (χ4n) is 1.99. The quantitative estimate of drug-likeness (QED) is 0.847. The Morgan fingerprint density at radius 1 is 1.25 bits per heavy atom. The van der Waals surface area contributed by atoms with Crippen LogP contribution in [0.25, 0.3) is 0 Å². The number of aromatic nitrogens is 1. The number of hydrogen-bond donors (Lipinski definition) is 2. The molecule has 0 aliphatic heterocycles. The first-order valence-electron chi connectivity index (χ1n) is 6.66. The van der Waals surface area contributed by atoms with Gasteiger partial charge in [-0.2, -0.15) is 0 Å². The first-order valence-corrected chi connectivity index (χ1v) is 6.66. The molecule has 1 aromatic carbocycles. The van der Waals surface area contributed by atoms with Crippen molar-refractivity contribution in [3.05, 3.63) is 59.9 Å². The minimum Gasteiger partial charge on any atom is -0.497 e. The zero-order valence-electron chi connectivity index (χ0n) is 11.8. The zero-order valence-corrected chi connectivity index (χ0v) is 11.8. The fraction of sp³-hybridized carbons (Fsp3) is 0.312. The SMILES string of the molecule is COc1cccc(C(O)C(C)NCc2ccccn2)c1. The Morgan fingerprint density at radius 2 is 2.10 bits per heavy atom. The van der Waals surface area contributed by atoms with Crippen LogP contribution in [-0.4, -0.2) is 23.2 Å². The van der Waals surface area contributed by atoms with Crippen LogP contribution < -0.4 is 10.1 Å². The Kier molecular flexibility index (Phi) is 5.09. The van der Waals surface area contributed by atoms with E-state index in [0.717, 1.165) is 17.0 Å². The number of ether oxygens (including phenoxy) is 1. The van der Waals surface area contributed by atoms with Crippen molar-refractivity contribution in [1.29, 1.82) is 0 Å². The molecule has 2 aromatic rings. The van der Waals surface area contributed by atoms with Gasteiger partial charge in [0, 0.05) is 18.8 Å². The predicted octanol–water partition coefficient (Wildman–Crippen LogP) is 2.30. The molecule has 20 heavy (non-hydrogen) atoms. The predicted molar refractivity (Wildman–Crippen MR) is 78.5 cm³/mol. The highest BCUT2D eigenvalue weighted by atomic mass is 16.5. The first-order chi connectivity index (χ1) is 9.70. The van der Waals surface area contributed by atoms with E-state index in [0.29, 0.717) is 6.54 Å². The summed E-state index contributed by atoms with van der Waals surface area (Å²) in [5.74, 6) is 0.749. The van der Waals surface area contributed by atoms with Crippen LogP contribution in [0.2, 0.25) is 0 Å². The Bertz CT molecular complexity index is 531. The van der Waals surface area contributed by atoms with E-state index in [1.807, 2.05) is 49.4 Å². The molecule has 1 heterocycles. The third-order valence-corrected chi connectivity index (χ3v) is 3.24. The van der Waals surface area contributed by atoms with Crippen LogP contribution in [0.3, 0.4) is 0 Å². The van der Waals surface area contributed by atoms with Crippen LogP contribution in [0, 0.1) is 0 Å². The number of benzene rings is 1. The number of aliphatic hydroxyl groups is 1. The molecule has 2 N–H and O–H groups in total. The van der Waals surface area contributed by atoms with Crippen molar-refractivity contribution in [1.82, 2.24) is 10.3 Å². The largest absolute Gasteiger partial charge is 0.497 e. The molecular formula is C16H20N2O2. The van der Waals surface area contributed by atoms with Crippen molar-refractivity contribution < 1.29 is 9.84 Å². The minimum absolute atomic E-state index is 0.0795. The van der Waals surface area contributed by atoms with E-state index in [-0.39, 0.29) is 6.04 Å². The average molecular weight is 272 g/mol. The average Bonchev–Trinajstić information content (AvgIpc) is 2.53. The number of rotatable bonds is 6. The molecule has 0 saturated heterocycles. The van der Waals surface area contributed by atoms with Gasteiger partial charge in [0.15, 0.2) is 0 Å². The molecule has 0 spiro atoms. The molecule has 0 bridgehead atoms. The van der Waals surface area contributed by atoms with Crippen molar-refractivity contribution >= 4 is 0 Å². The van der Waals surface area contributed by atoms with Gasteiger partial charge < -0.3 is 15.2 Å². The molecule has 0 fully saturated rings. The van der Waals surface area contributed by atoms with Gasteiger partial charge in [-0.25, -0.2) is 0 Å². The third kappa shape index (κ3) is 3.79. The molecule has 0 saturated carbocycles. The van der Waals surface area contributed by atoms with Crippen molar-refractivity contribution in [3.8, 4) is 5.75 Å². The molecule has 0 radical (unpaired) electrons. The van der Waals surface area contributed by atoms with Gasteiger partial charge in [0.25, 0.3) is 0 Å². The number of nitrogens with one attached hydrogen (secondary N) is 1. The summed E-state index contributed by atoms with van der Waals surface area (Å²) >= 11 is 0. The molecule has 2 rings (SSSR count). The number of aliphatic hydroxyl groups excluding tert-OH is 1. The molecule has 0 aliphatic carbocycles. The van der Waals surface area contributed by atoms with Gasteiger partial charge in [0.1, 0.15) is 5.75 Å². The van der Waals surface area contributed by atoms with Crippen LogP contribution in [0.15, 0.2) is 48.7 Å². The first kappa shape index (κ1) is 14.5. The van der Waals surface area contributed by atoms with Gasteiger partial charge in [-0.3, -0.25) is 4.98 Å². The molecule has 2 unspecified atom stereocenters. The molecule has 0 aliphatic rings. The van der Waals surface area contributed by atoms with Gasteiger partial charge >= 0.3 is 0 Å². The second-order valence-electron chi connectivity index (χ2n) is 4.71. The molecular weight excluding hydrogens is 252 g/mol. The van der Waals surface area contributed by atoms with Gasteiger partial charge in [0.05, 0.1) is 18.9 Å². The van der Waals surface area contributed by atoms with Crippen LogP contribution in [0.1, 0.15) is 24.3 Å². The Morgan fingerprint density at radius 3 is 2.80 bits per heavy atom. The van der Waals surface area contributed by atoms with E-state index >= 15 is 0 Å². The second-order valence-corrected chi connectivity index (χ2v) is 4.71. The highest BCUT2D eigenvalue weighted by molar-refractivity contribution is 5.30. The standard InChI is InChI=1S/C16H20N2O2/c1-12(18-11-14-7-3-4-9-17-14)16(19)13-6-5-8-15(10-13)20-2/h3-10,12,16,18-19H,11H2,1-2H3. The van der Waals surface area contributed by atoms with E-state index in [1.165, 1.54) is 0 Å². The van der Waals surface area contributed by atoms with Crippen molar-refractivity contribution in [2.75, 3.05) is 7.11 Å². The molecule has 4 nitrogen and oxygen atoms in total. The molecule has 0 amide bonds. The lowest BCUT2D eigenvalue weighted by Crippen LogP contribution is -2.32. The Labute approximate surface area is 119 Å². The summed E-state index contributed by atoms with van der Waals surface area (Å²) < 4.78 is 5.17. The van der Waals surface area contributed by atoms with E-state index in [2.05, 4.69) is 10.3 Å². The smallest absolute Gasteiger partial charge is 0.119 e. The van der Waals surface area contributed by atoms with Crippen molar-refractivity contribution in [3.63, 3.8) is 0 Å². The van der Waals surface area contributed by atoms with Crippen LogP contribution in [0.5, 0.6) is 5.75 Å². The topological polar surface area (TPSA) is 54.4 Å². The van der Waals surface area contributed by atoms with Crippen LogP contribution >= 0.6 is 0 Å². The number of pyridine rings is 1. The van der Waals surface area contributed by atoms with E-state index in [9.17, 15) is 5.11 Å². The van der Waals surface area contributed by atoms with Gasteiger partial charge in [0.2, 0.25) is 0 Å². The van der Waals surface area contributed by atoms with Gasteiger partial charge in [-0.15, -0.1) is 0 Å². The zero-order chi connectivity index (χ0) is 14.4. The molecule has 1 aromatic heterocycles. The summed E-state index contributed by atoms with van der Waals surface area (Å²) in [4.78, 5) is 4.25. The van der Waals surface area contributed by atoms with Crippen molar-refractivity contribution in [2.45, 2.75) is 25.6 Å². The lowest BCUT2D eigenvalue weighted by atomic mass is 10.0. The number of methoxy groups -OCH3 is 1. The number of nitrogens with zero attached hydrogens (tertiary/aromatic N) is 1. The summed E-state index contributed by atoms with van der Waals surface area (Å²) in [7, 11) is 1.62. The summed E-state index contributed by atoms with van der Waals surface area (Å²) in [6.07, 6.45) is 1.17. The van der Waals surface area contributed by atoms with Gasteiger partial charge in [-0.05, 0) is 36.8 Å². The van der Waals surface area contributed by atoms with Gasteiger partial charge in [-0.1, -0.05) is 18.2 Å². The summed E-state index contributed by atoms with van der Waals surface area (Å²) in [6.45, 7) is 2.58. The lowest BCUT2D eigenvalue weighted by Gasteiger charge is -2.21. The maximum absolute atomic E-state index is 10.3. The summed E-state index contributed by atoms with van der Waals surface area (Å²) in [5, 5.41) is 13.6. The minimum atomic E-state index is -0.589. The van der Waals surface area contributed by atoms with Crippen molar-refractivity contribution in [2.24, 2.45) is 0 Å². The number of hydrogen-bond acceptors (Lipinski definition) is 4. The van der Waals surface area contributed by atoms with E-state index in [1.54, 1.807) is 13.3 Å². The highest BCUT2D eigenvalue weighted by Gasteiger charge is 2.16. The van der Waals surface area contributed by atoms with E-state index < -0.39 is 6.10 Å². The molecule has 4 heteroatoms. The van der Waals surface area contributed by atoms with Crippen LogP contribution in [-0.2, 0) is 6.54 Å². The second kappa shape index (κ2) is 7.03. The normalized spacial score (nSPS) is 13.8. The maximum Gasteiger partial charge on any atom is 0.119 e. The third-order valence-electron chi connectivity index (χ3n) is 3.24. The monoisotopic (exact) mass is 272 g/mol.